The molecule has 0 bridgehead atoms. The minimum absolute atomic E-state index is 0.707. The Hall–Kier alpha value is -6.58. The smallest absolute Gasteiger partial charge is 0.180 e. The first kappa shape index (κ1) is 28.3. The van der Waals surface area contributed by atoms with E-state index in [0.29, 0.717) is 5.58 Å². The number of furan rings is 1. The van der Waals surface area contributed by atoms with Gasteiger partial charge in [-0.25, -0.2) is 9.97 Å². The first-order chi connectivity index (χ1) is 25.2. The van der Waals surface area contributed by atoms with E-state index in [9.17, 15) is 0 Å². The van der Waals surface area contributed by atoms with E-state index >= 15 is 0 Å². The highest BCUT2D eigenvalue weighted by Gasteiger charge is 2.21. The number of fused-ring (bicyclic) bond motifs is 9. The van der Waals surface area contributed by atoms with Gasteiger partial charge in [0.1, 0.15) is 23.1 Å². The quantitative estimate of drug-likeness (QED) is 0.190. The van der Waals surface area contributed by atoms with Crippen molar-refractivity contribution in [1.29, 1.82) is 0 Å². The standard InChI is InChI=1S/C48H30N2O/c1-3-13-40-35(7-1)25-38-23-32(15-18-42(38)40)29-9-5-10-30(21-29)34-17-20-45-44(27-34)47-48(51-45)46(49-28-50-47)37-12-6-11-31(22-37)33-16-19-43-39(24-33)26-36-8-2-4-14-41(36)43/h1-24,27-28H,25-26H2. The molecule has 0 atom stereocenters. The van der Waals surface area contributed by atoms with E-state index in [4.69, 9.17) is 14.4 Å². The first-order valence-electron chi connectivity index (χ1n) is 17.5. The third kappa shape index (κ3) is 4.52. The molecule has 9 aromatic rings. The first-order valence-corrected chi connectivity index (χ1v) is 17.5. The van der Waals surface area contributed by atoms with E-state index in [1.807, 2.05) is 0 Å². The van der Waals surface area contributed by atoms with Crippen molar-refractivity contribution < 1.29 is 4.42 Å². The SMILES string of the molecule is c1cc(-c2ccc3c(c2)Cc2ccccc2-3)cc(-c2ccc3oc4c(-c5cccc(-c6ccc7c(c6)Cc6ccccc6-7)c5)ncnc4c3c2)c1. The van der Waals surface area contributed by atoms with Crippen molar-refractivity contribution in [1.82, 2.24) is 9.97 Å². The van der Waals surface area contributed by atoms with Crippen LogP contribution < -0.4 is 0 Å². The molecule has 3 heteroatoms. The predicted octanol–water partition coefficient (Wildman–Crippen LogP) is 12.2. The molecule has 2 aromatic heterocycles. The third-order valence-corrected chi connectivity index (χ3v) is 10.8. The Morgan fingerprint density at radius 2 is 0.902 bits per heavy atom. The molecule has 0 aliphatic heterocycles. The summed E-state index contributed by atoms with van der Waals surface area (Å²) in [7, 11) is 0. The highest BCUT2D eigenvalue weighted by Crippen LogP contribution is 2.42. The largest absolute Gasteiger partial charge is 0.452 e. The third-order valence-electron chi connectivity index (χ3n) is 10.8. The molecule has 238 valence electrons. The lowest BCUT2D eigenvalue weighted by Crippen LogP contribution is -1.88. The zero-order valence-electron chi connectivity index (χ0n) is 27.7. The topological polar surface area (TPSA) is 38.9 Å². The summed E-state index contributed by atoms with van der Waals surface area (Å²) < 4.78 is 6.51. The molecule has 0 radical (unpaired) electrons. The molecule has 2 heterocycles. The number of nitrogens with zero attached hydrogens (tertiary/aromatic N) is 2. The van der Waals surface area contributed by atoms with Crippen LogP contribution in [0.4, 0.5) is 0 Å². The van der Waals surface area contributed by atoms with Crippen LogP contribution in [0.25, 0.3) is 89.0 Å². The van der Waals surface area contributed by atoms with E-state index in [1.165, 1.54) is 61.2 Å². The zero-order chi connectivity index (χ0) is 33.5. The van der Waals surface area contributed by atoms with Crippen molar-refractivity contribution in [2.75, 3.05) is 0 Å². The molecule has 0 saturated carbocycles. The Morgan fingerprint density at radius 3 is 1.55 bits per heavy atom. The van der Waals surface area contributed by atoms with Gasteiger partial charge in [-0.15, -0.1) is 0 Å². The molecule has 0 saturated heterocycles. The molecule has 0 unspecified atom stereocenters. The van der Waals surface area contributed by atoms with Crippen LogP contribution in [0.3, 0.4) is 0 Å². The van der Waals surface area contributed by atoms with Crippen molar-refractivity contribution in [3.8, 4) is 66.9 Å². The highest BCUT2D eigenvalue weighted by atomic mass is 16.3. The Morgan fingerprint density at radius 1 is 0.392 bits per heavy atom. The number of benzene rings is 7. The van der Waals surface area contributed by atoms with Crippen LogP contribution in [0.1, 0.15) is 22.3 Å². The summed E-state index contributed by atoms with van der Waals surface area (Å²) in [6, 6.07) is 55.0. The van der Waals surface area contributed by atoms with Gasteiger partial charge in [0.2, 0.25) is 0 Å². The van der Waals surface area contributed by atoms with Crippen LogP contribution in [0.5, 0.6) is 0 Å². The lowest BCUT2D eigenvalue weighted by Gasteiger charge is -2.09. The second-order valence-electron chi connectivity index (χ2n) is 13.8. The number of aromatic nitrogens is 2. The van der Waals surface area contributed by atoms with E-state index in [0.717, 1.165) is 57.3 Å². The predicted molar refractivity (Wildman–Crippen MR) is 208 cm³/mol. The summed E-state index contributed by atoms with van der Waals surface area (Å²) in [4.78, 5) is 9.49. The highest BCUT2D eigenvalue weighted by molar-refractivity contribution is 6.07. The van der Waals surface area contributed by atoms with E-state index in [1.54, 1.807) is 6.33 Å². The molecule has 11 rings (SSSR count). The molecule has 0 amide bonds. The number of rotatable bonds is 4. The zero-order valence-corrected chi connectivity index (χ0v) is 27.7. The van der Waals surface area contributed by atoms with E-state index < -0.39 is 0 Å². The van der Waals surface area contributed by atoms with Crippen LogP contribution in [0.2, 0.25) is 0 Å². The van der Waals surface area contributed by atoms with Crippen LogP contribution in [0.15, 0.2) is 162 Å². The van der Waals surface area contributed by atoms with Gasteiger partial charge in [0.05, 0.1) is 0 Å². The molecule has 7 aromatic carbocycles. The van der Waals surface area contributed by atoms with E-state index in [-0.39, 0.29) is 0 Å². The fourth-order valence-corrected chi connectivity index (χ4v) is 8.34. The van der Waals surface area contributed by atoms with Crippen molar-refractivity contribution in [2.24, 2.45) is 0 Å². The van der Waals surface area contributed by atoms with Gasteiger partial charge in [-0.3, -0.25) is 0 Å². The second-order valence-corrected chi connectivity index (χ2v) is 13.8. The summed E-state index contributed by atoms with van der Waals surface area (Å²) in [5.41, 5.74) is 22.2. The molecule has 0 spiro atoms. The summed E-state index contributed by atoms with van der Waals surface area (Å²) >= 11 is 0. The maximum Gasteiger partial charge on any atom is 0.180 e. The lowest BCUT2D eigenvalue weighted by molar-refractivity contribution is 0.667. The summed E-state index contributed by atoms with van der Waals surface area (Å²) in [5, 5.41) is 0.987. The summed E-state index contributed by atoms with van der Waals surface area (Å²) in [6.07, 6.45) is 3.62. The van der Waals surface area contributed by atoms with Crippen molar-refractivity contribution >= 4 is 22.1 Å². The fourth-order valence-electron chi connectivity index (χ4n) is 8.34. The molecular formula is C48H30N2O. The minimum Gasteiger partial charge on any atom is -0.452 e. The van der Waals surface area contributed by atoms with Gasteiger partial charge in [0.25, 0.3) is 0 Å². The van der Waals surface area contributed by atoms with Gasteiger partial charge in [0.15, 0.2) is 5.58 Å². The number of hydrogen-bond acceptors (Lipinski definition) is 3. The average Bonchev–Trinajstić information content (AvgIpc) is 3.88. The van der Waals surface area contributed by atoms with Gasteiger partial charge < -0.3 is 4.42 Å². The molecule has 51 heavy (non-hydrogen) atoms. The minimum atomic E-state index is 0.707. The monoisotopic (exact) mass is 650 g/mol. The normalized spacial score (nSPS) is 12.5. The van der Waals surface area contributed by atoms with Crippen molar-refractivity contribution in [3.05, 3.63) is 180 Å². The second kappa shape index (κ2) is 11.0. The van der Waals surface area contributed by atoms with Gasteiger partial charge in [-0.2, -0.15) is 0 Å². The van der Waals surface area contributed by atoms with Crippen LogP contribution in [0, 0.1) is 0 Å². The molecule has 2 aliphatic rings. The Labute approximate surface area is 295 Å². The molecule has 0 N–H and O–H groups in total. The maximum atomic E-state index is 6.51. The molecule has 2 aliphatic carbocycles. The molecule has 0 fully saturated rings. The average molecular weight is 651 g/mol. The van der Waals surface area contributed by atoms with Gasteiger partial charge in [0, 0.05) is 10.9 Å². The van der Waals surface area contributed by atoms with Gasteiger partial charge >= 0.3 is 0 Å². The van der Waals surface area contributed by atoms with Crippen molar-refractivity contribution in [2.45, 2.75) is 12.8 Å². The van der Waals surface area contributed by atoms with Crippen molar-refractivity contribution in [3.63, 3.8) is 0 Å². The van der Waals surface area contributed by atoms with E-state index in [2.05, 4.69) is 152 Å². The summed E-state index contributed by atoms with van der Waals surface area (Å²) in [5.74, 6) is 0. The number of hydrogen-bond donors (Lipinski definition) is 0. The fraction of sp³-hybridized carbons (Fsp3) is 0.0417. The summed E-state index contributed by atoms with van der Waals surface area (Å²) in [6.45, 7) is 0. The Kier molecular flexibility index (Phi) is 6.08. The molecular weight excluding hydrogens is 621 g/mol. The van der Waals surface area contributed by atoms with Gasteiger partial charge in [-0.1, -0.05) is 127 Å². The van der Waals surface area contributed by atoms with Crippen LogP contribution >= 0.6 is 0 Å². The Bertz CT molecular complexity index is 2880. The maximum absolute atomic E-state index is 6.51. The molecule has 3 nitrogen and oxygen atoms in total. The Balaban J connectivity index is 0.937. The van der Waals surface area contributed by atoms with Gasteiger partial charge in [-0.05, 0) is 115 Å². The van der Waals surface area contributed by atoms with Crippen LogP contribution in [-0.2, 0) is 12.8 Å². The van der Waals surface area contributed by atoms with Crippen LogP contribution in [-0.4, -0.2) is 9.97 Å². The lowest BCUT2D eigenvalue weighted by atomic mass is 9.96.